The van der Waals surface area contributed by atoms with Gasteiger partial charge in [0.05, 0.1) is 0 Å². The van der Waals surface area contributed by atoms with Crippen LogP contribution in [-0.2, 0) is 0 Å². The zero-order valence-corrected chi connectivity index (χ0v) is 17.1. The van der Waals surface area contributed by atoms with E-state index in [1.165, 1.54) is 18.4 Å². The number of aryl methyl sites for hydroxylation is 2. The van der Waals surface area contributed by atoms with Crippen molar-refractivity contribution in [3.63, 3.8) is 0 Å². The summed E-state index contributed by atoms with van der Waals surface area (Å²) in [6.45, 7) is 12.7. The summed E-state index contributed by atoms with van der Waals surface area (Å²) in [7, 11) is 0. The fraction of sp³-hybridized carbons (Fsp3) is 0.609. The monoisotopic (exact) mass is 354 g/mol. The summed E-state index contributed by atoms with van der Waals surface area (Å²) in [4.78, 5) is 15.1. The molecule has 2 unspecified atom stereocenters. The second-order valence-electron chi connectivity index (χ2n) is 8.79. The standard InChI is InChI=1S/C23H34N2O/c1-6-7-13-25(15-18-11-12-19-14-20(18)23(19,4)5)22(26)24-21-16(2)9-8-10-17(21)3/h8-11,19-20H,6-7,12-15H2,1-5H3,(H,24,26). The number of hydrogen-bond acceptors (Lipinski definition) is 1. The maximum atomic E-state index is 13.1. The Morgan fingerprint density at radius 2 is 1.96 bits per heavy atom. The van der Waals surface area contributed by atoms with Gasteiger partial charge in [0.1, 0.15) is 0 Å². The average Bonchev–Trinajstić information content (AvgIpc) is 2.61. The largest absolute Gasteiger partial charge is 0.322 e. The van der Waals surface area contributed by atoms with E-state index in [4.69, 9.17) is 0 Å². The van der Waals surface area contributed by atoms with Crippen LogP contribution in [0.5, 0.6) is 0 Å². The maximum Gasteiger partial charge on any atom is 0.322 e. The van der Waals surface area contributed by atoms with Crippen molar-refractivity contribution in [3.05, 3.63) is 41.0 Å². The minimum Gasteiger partial charge on any atom is -0.321 e. The van der Waals surface area contributed by atoms with Gasteiger partial charge in [0.15, 0.2) is 0 Å². The number of rotatable bonds is 6. The van der Waals surface area contributed by atoms with Crippen LogP contribution >= 0.6 is 0 Å². The molecule has 3 heteroatoms. The fourth-order valence-corrected chi connectivity index (χ4v) is 4.68. The second-order valence-corrected chi connectivity index (χ2v) is 8.79. The molecule has 3 aliphatic rings. The molecule has 0 aromatic heterocycles. The highest BCUT2D eigenvalue weighted by molar-refractivity contribution is 5.91. The van der Waals surface area contributed by atoms with Crippen molar-refractivity contribution in [1.82, 2.24) is 4.90 Å². The van der Waals surface area contributed by atoms with Gasteiger partial charge in [-0.05, 0) is 61.5 Å². The lowest BCUT2D eigenvalue weighted by Crippen LogP contribution is -2.50. The van der Waals surface area contributed by atoms with E-state index in [0.717, 1.165) is 48.7 Å². The number of urea groups is 1. The summed E-state index contributed by atoms with van der Waals surface area (Å²) >= 11 is 0. The SMILES string of the molecule is CCCCN(CC1=CCC2CC1C2(C)C)C(=O)Nc1c(C)cccc1C. The molecule has 1 aromatic carbocycles. The van der Waals surface area contributed by atoms with Gasteiger partial charge in [-0.1, -0.05) is 57.0 Å². The van der Waals surface area contributed by atoms with E-state index in [1.54, 1.807) is 0 Å². The number of hydrogen-bond donors (Lipinski definition) is 1. The van der Waals surface area contributed by atoms with Gasteiger partial charge in [0, 0.05) is 18.8 Å². The van der Waals surface area contributed by atoms with E-state index >= 15 is 0 Å². The quantitative estimate of drug-likeness (QED) is 0.631. The number of fused-ring (bicyclic) bond motifs is 1. The van der Waals surface area contributed by atoms with E-state index in [9.17, 15) is 4.79 Å². The van der Waals surface area contributed by atoms with Crippen LogP contribution in [0.4, 0.5) is 10.5 Å². The first kappa shape index (κ1) is 19.0. The maximum absolute atomic E-state index is 13.1. The van der Waals surface area contributed by atoms with Crippen LogP contribution in [-0.4, -0.2) is 24.0 Å². The number of carbonyl (C=O) groups excluding carboxylic acids is 1. The molecule has 0 radical (unpaired) electrons. The van der Waals surface area contributed by atoms with E-state index < -0.39 is 0 Å². The Balaban J connectivity index is 1.73. The van der Waals surface area contributed by atoms with Crippen LogP contribution < -0.4 is 5.32 Å². The van der Waals surface area contributed by atoms with E-state index in [0.29, 0.717) is 11.3 Å². The zero-order chi connectivity index (χ0) is 18.9. The smallest absolute Gasteiger partial charge is 0.321 e. The van der Waals surface area contributed by atoms with Crippen LogP contribution in [0.15, 0.2) is 29.8 Å². The van der Waals surface area contributed by atoms with Gasteiger partial charge < -0.3 is 10.2 Å². The summed E-state index contributed by atoms with van der Waals surface area (Å²) in [5, 5.41) is 3.19. The molecule has 1 saturated carbocycles. The van der Waals surface area contributed by atoms with Gasteiger partial charge in [0.2, 0.25) is 0 Å². The first-order valence-corrected chi connectivity index (χ1v) is 10.2. The van der Waals surface area contributed by atoms with Crippen molar-refractivity contribution in [3.8, 4) is 0 Å². The summed E-state index contributed by atoms with van der Waals surface area (Å²) in [6, 6.07) is 6.19. The molecule has 1 N–H and O–H groups in total. The summed E-state index contributed by atoms with van der Waals surface area (Å²) in [5.41, 5.74) is 5.08. The minimum atomic E-state index is 0.0380. The lowest BCUT2D eigenvalue weighted by atomic mass is 9.49. The van der Waals surface area contributed by atoms with Crippen molar-refractivity contribution in [2.75, 3.05) is 18.4 Å². The predicted molar refractivity (Wildman–Crippen MR) is 109 cm³/mol. The molecule has 2 atom stereocenters. The Labute approximate surface area is 158 Å². The Morgan fingerprint density at radius 1 is 1.27 bits per heavy atom. The molecule has 0 spiro atoms. The van der Waals surface area contributed by atoms with E-state index in [1.807, 2.05) is 11.0 Å². The number of carbonyl (C=O) groups is 1. The van der Waals surface area contributed by atoms with Crippen molar-refractivity contribution in [1.29, 1.82) is 0 Å². The molecule has 0 heterocycles. The number of para-hydroxylation sites is 1. The van der Waals surface area contributed by atoms with Crippen LogP contribution in [0, 0.1) is 31.1 Å². The minimum absolute atomic E-state index is 0.0380. The third-order valence-corrected chi connectivity index (χ3v) is 6.74. The Morgan fingerprint density at radius 3 is 2.54 bits per heavy atom. The van der Waals surface area contributed by atoms with Gasteiger partial charge in [-0.15, -0.1) is 0 Å². The normalized spacial score (nSPS) is 23.0. The van der Waals surface area contributed by atoms with Crippen molar-refractivity contribution in [2.24, 2.45) is 17.3 Å². The molecule has 0 aliphatic heterocycles. The predicted octanol–water partition coefficient (Wildman–Crippen LogP) is 5.93. The molecule has 0 saturated heterocycles. The summed E-state index contributed by atoms with van der Waals surface area (Å²) < 4.78 is 0. The number of unbranched alkanes of at least 4 members (excludes halogenated alkanes) is 1. The average molecular weight is 355 g/mol. The zero-order valence-electron chi connectivity index (χ0n) is 17.1. The molecule has 3 nitrogen and oxygen atoms in total. The first-order valence-electron chi connectivity index (χ1n) is 10.2. The summed E-state index contributed by atoms with van der Waals surface area (Å²) in [6.07, 6.45) is 7.04. The fourth-order valence-electron chi connectivity index (χ4n) is 4.68. The van der Waals surface area contributed by atoms with Crippen molar-refractivity contribution in [2.45, 2.75) is 60.3 Å². The molecular weight excluding hydrogens is 320 g/mol. The van der Waals surface area contributed by atoms with Crippen LogP contribution in [0.1, 0.15) is 57.6 Å². The number of allylic oxidation sites excluding steroid dienone is 1. The highest BCUT2D eigenvalue weighted by atomic mass is 16.2. The second kappa shape index (κ2) is 7.46. The molecular formula is C23H34N2O. The van der Waals surface area contributed by atoms with Gasteiger partial charge in [-0.2, -0.15) is 0 Å². The van der Waals surface area contributed by atoms with Crippen molar-refractivity contribution >= 4 is 11.7 Å². The lowest BCUT2D eigenvalue weighted by molar-refractivity contribution is -0.00952. The number of amides is 2. The number of nitrogens with one attached hydrogen (secondary N) is 1. The Hall–Kier alpha value is -1.77. The van der Waals surface area contributed by atoms with Crippen LogP contribution in [0.2, 0.25) is 0 Å². The molecule has 3 aliphatic carbocycles. The third-order valence-electron chi connectivity index (χ3n) is 6.74. The number of benzene rings is 1. The molecule has 26 heavy (non-hydrogen) atoms. The topological polar surface area (TPSA) is 32.3 Å². The first-order chi connectivity index (χ1) is 12.3. The number of nitrogens with zero attached hydrogens (tertiary/aromatic N) is 1. The third kappa shape index (κ3) is 3.54. The molecule has 1 fully saturated rings. The molecule has 4 rings (SSSR count). The molecule has 142 valence electrons. The number of anilines is 1. The van der Waals surface area contributed by atoms with Gasteiger partial charge in [0.25, 0.3) is 0 Å². The van der Waals surface area contributed by atoms with Crippen molar-refractivity contribution < 1.29 is 4.79 Å². The highest BCUT2D eigenvalue weighted by Crippen LogP contribution is 2.59. The Kier molecular flexibility index (Phi) is 5.45. The summed E-state index contributed by atoms with van der Waals surface area (Å²) in [5.74, 6) is 1.49. The lowest BCUT2D eigenvalue weighted by Gasteiger charge is -2.57. The van der Waals surface area contributed by atoms with Gasteiger partial charge in [-0.3, -0.25) is 0 Å². The van der Waals surface area contributed by atoms with Gasteiger partial charge >= 0.3 is 6.03 Å². The highest BCUT2D eigenvalue weighted by Gasteiger charge is 2.51. The molecule has 2 amide bonds. The van der Waals surface area contributed by atoms with Crippen LogP contribution in [0.25, 0.3) is 0 Å². The van der Waals surface area contributed by atoms with Gasteiger partial charge in [-0.25, -0.2) is 4.79 Å². The van der Waals surface area contributed by atoms with E-state index in [2.05, 4.69) is 58.1 Å². The molecule has 2 bridgehead atoms. The molecule has 1 aromatic rings. The van der Waals surface area contributed by atoms with Crippen LogP contribution in [0.3, 0.4) is 0 Å². The Bertz CT molecular complexity index is 684. The van der Waals surface area contributed by atoms with E-state index in [-0.39, 0.29) is 6.03 Å².